The van der Waals surface area contributed by atoms with Gasteiger partial charge in [-0.25, -0.2) is 4.68 Å². The van der Waals surface area contributed by atoms with Crippen molar-refractivity contribution in [3.05, 3.63) is 29.3 Å². The molecular formula is C14H20N6O3. The summed E-state index contributed by atoms with van der Waals surface area (Å²) in [5.74, 6) is -0.808. The standard InChI is InChI=1S/C14H20N6O3/c1-9(2)6-20-10(3)12(5-16-20)14(23)15-4-11-7-19(18-17-11)8-13(21)22/h5,7,9H,4,6,8H2,1-3H3,(H,15,23)(H,21,22). The minimum absolute atomic E-state index is 0.174. The lowest BCUT2D eigenvalue weighted by molar-refractivity contribution is -0.137. The van der Waals surface area contributed by atoms with E-state index in [0.29, 0.717) is 17.2 Å². The third kappa shape index (κ3) is 4.38. The Balaban J connectivity index is 1.96. The third-order valence-corrected chi connectivity index (χ3v) is 3.20. The molecule has 0 fully saturated rings. The van der Waals surface area contributed by atoms with E-state index < -0.39 is 5.97 Å². The molecule has 9 nitrogen and oxygen atoms in total. The molecule has 2 heterocycles. The van der Waals surface area contributed by atoms with E-state index in [4.69, 9.17) is 5.11 Å². The average Bonchev–Trinajstić information content (AvgIpc) is 3.03. The van der Waals surface area contributed by atoms with Gasteiger partial charge in [0.15, 0.2) is 0 Å². The number of aliphatic carboxylic acids is 1. The molecule has 0 saturated heterocycles. The second-order valence-corrected chi connectivity index (χ2v) is 5.70. The number of carbonyl (C=O) groups is 2. The number of carboxylic acid groups (broad SMARTS) is 1. The van der Waals surface area contributed by atoms with Crippen LogP contribution >= 0.6 is 0 Å². The number of aromatic nitrogens is 5. The Kier molecular flexibility index (Phi) is 5.09. The van der Waals surface area contributed by atoms with Crippen molar-refractivity contribution in [1.82, 2.24) is 30.1 Å². The SMILES string of the molecule is Cc1c(C(=O)NCc2cn(CC(=O)O)nn2)cnn1CC(C)C. The van der Waals surface area contributed by atoms with Gasteiger partial charge in [-0.05, 0) is 12.8 Å². The first-order valence-corrected chi connectivity index (χ1v) is 7.28. The molecular weight excluding hydrogens is 300 g/mol. The smallest absolute Gasteiger partial charge is 0.325 e. The maximum Gasteiger partial charge on any atom is 0.325 e. The highest BCUT2D eigenvalue weighted by Gasteiger charge is 2.15. The van der Waals surface area contributed by atoms with Gasteiger partial charge in [-0.3, -0.25) is 14.3 Å². The average molecular weight is 320 g/mol. The molecule has 0 radical (unpaired) electrons. The van der Waals surface area contributed by atoms with Crippen LogP contribution in [-0.4, -0.2) is 41.8 Å². The van der Waals surface area contributed by atoms with Crippen LogP contribution in [0.2, 0.25) is 0 Å². The van der Waals surface area contributed by atoms with Gasteiger partial charge >= 0.3 is 5.97 Å². The van der Waals surface area contributed by atoms with Crippen LogP contribution in [0.5, 0.6) is 0 Å². The second kappa shape index (κ2) is 7.03. The fourth-order valence-corrected chi connectivity index (χ4v) is 2.10. The Bertz CT molecular complexity index is 703. The third-order valence-electron chi connectivity index (χ3n) is 3.20. The van der Waals surface area contributed by atoms with E-state index in [0.717, 1.165) is 12.2 Å². The molecule has 1 amide bonds. The first-order chi connectivity index (χ1) is 10.9. The number of carboxylic acids is 1. The number of carbonyl (C=O) groups excluding carboxylic acids is 1. The molecule has 0 atom stereocenters. The summed E-state index contributed by atoms with van der Waals surface area (Å²) in [5.41, 5.74) is 1.82. The molecule has 9 heteroatoms. The highest BCUT2D eigenvalue weighted by molar-refractivity contribution is 5.94. The zero-order chi connectivity index (χ0) is 17.0. The van der Waals surface area contributed by atoms with Crippen molar-refractivity contribution in [1.29, 1.82) is 0 Å². The van der Waals surface area contributed by atoms with E-state index in [-0.39, 0.29) is 19.0 Å². The van der Waals surface area contributed by atoms with Crippen LogP contribution in [0.25, 0.3) is 0 Å². The molecule has 0 saturated carbocycles. The van der Waals surface area contributed by atoms with Crippen LogP contribution in [-0.2, 0) is 24.4 Å². The molecule has 23 heavy (non-hydrogen) atoms. The lowest BCUT2D eigenvalue weighted by Crippen LogP contribution is -2.23. The van der Waals surface area contributed by atoms with E-state index >= 15 is 0 Å². The lowest BCUT2D eigenvalue weighted by atomic mass is 10.2. The van der Waals surface area contributed by atoms with Crippen LogP contribution in [0.15, 0.2) is 12.4 Å². The zero-order valence-electron chi connectivity index (χ0n) is 13.4. The molecule has 0 aliphatic heterocycles. The van der Waals surface area contributed by atoms with Crippen LogP contribution in [0, 0.1) is 12.8 Å². The van der Waals surface area contributed by atoms with E-state index in [1.165, 1.54) is 10.9 Å². The van der Waals surface area contributed by atoms with Crippen LogP contribution in [0.4, 0.5) is 0 Å². The van der Waals surface area contributed by atoms with Gasteiger partial charge < -0.3 is 10.4 Å². The van der Waals surface area contributed by atoms with Crippen molar-refractivity contribution >= 4 is 11.9 Å². The summed E-state index contributed by atoms with van der Waals surface area (Å²) in [5, 5.41) is 23.1. The molecule has 0 aliphatic rings. The van der Waals surface area contributed by atoms with Crippen molar-refractivity contribution in [2.75, 3.05) is 0 Å². The van der Waals surface area contributed by atoms with Gasteiger partial charge in [0.05, 0.1) is 24.5 Å². The predicted molar refractivity (Wildman–Crippen MR) is 80.6 cm³/mol. The quantitative estimate of drug-likeness (QED) is 0.765. The Hall–Kier alpha value is -2.71. The minimum Gasteiger partial charge on any atom is -0.480 e. The van der Waals surface area contributed by atoms with Crippen molar-refractivity contribution in [2.24, 2.45) is 5.92 Å². The minimum atomic E-state index is -1.00. The molecule has 124 valence electrons. The zero-order valence-corrected chi connectivity index (χ0v) is 13.4. The largest absolute Gasteiger partial charge is 0.480 e. The van der Waals surface area contributed by atoms with E-state index in [1.54, 1.807) is 6.20 Å². The highest BCUT2D eigenvalue weighted by atomic mass is 16.4. The second-order valence-electron chi connectivity index (χ2n) is 5.70. The van der Waals surface area contributed by atoms with Crippen molar-refractivity contribution in [3.63, 3.8) is 0 Å². The number of nitrogens with zero attached hydrogens (tertiary/aromatic N) is 5. The summed E-state index contributed by atoms with van der Waals surface area (Å²) in [4.78, 5) is 22.8. The fourth-order valence-electron chi connectivity index (χ4n) is 2.10. The van der Waals surface area contributed by atoms with Gasteiger partial charge in [-0.2, -0.15) is 5.10 Å². The van der Waals surface area contributed by atoms with Crippen LogP contribution in [0.1, 0.15) is 35.6 Å². The number of amides is 1. The lowest BCUT2D eigenvalue weighted by Gasteiger charge is -2.08. The van der Waals surface area contributed by atoms with Crippen molar-refractivity contribution in [2.45, 2.75) is 40.4 Å². The Labute approximate surface area is 133 Å². The molecule has 0 spiro atoms. The maximum atomic E-state index is 12.2. The Morgan fingerprint density at radius 2 is 2.13 bits per heavy atom. The predicted octanol–water partition coefficient (Wildman–Crippen LogP) is 0.454. The molecule has 2 rings (SSSR count). The van der Waals surface area contributed by atoms with Gasteiger partial charge in [-0.15, -0.1) is 5.10 Å². The summed E-state index contributed by atoms with van der Waals surface area (Å²) in [6.07, 6.45) is 3.04. The van der Waals surface area contributed by atoms with Gasteiger partial charge in [0.2, 0.25) is 0 Å². The number of hydrogen-bond acceptors (Lipinski definition) is 5. The maximum absolute atomic E-state index is 12.2. The van der Waals surface area contributed by atoms with Crippen molar-refractivity contribution in [3.8, 4) is 0 Å². The molecule has 0 aliphatic carbocycles. The number of nitrogens with one attached hydrogen (secondary N) is 1. The Morgan fingerprint density at radius 1 is 1.39 bits per heavy atom. The topological polar surface area (TPSA) is 115 Å². The number of hydrogen-bond donors (Lipinski definition) is 2. The summed E-state index contributed by atoms with van der Waals surface area (Å²) < 4.78 is 3.01. The van der Waals surface area contributed by atoms with E-state index in [2.05, 4.69) is 34.6 Å². The molecule has 0 bridgehead atoms. The molecule has 2 aromatic rings. The summed E-state index contributed by atoms with van der Waals surface area (Å²) in [6.45, 7) is 6.69. The fraction of sp³-hybridized carbons (Fsp3) is 0.500. The van der Waals surface area contributed by atoms with Gasteiger partial charge in [0.1, 0.15) is 12.2 Å². The summed E-state index contributed by atoms with van der Waals surface area (Å²) >= 11 is 0. The van der Waals surface area contributed by atoms with Gasteiger partial charge in [0.25, 0.3) is 5.91 Å². The van der Waals surface area contributed by atoms with Crippen LogP contribution < -0.4 is 5.32 Å². The Morgan fingerprint density at radius 3 is 2.78 bits per heavy atom. The molecule has 0 aromatic carbocycles. The first kappa shape index (κ1) is 16.7. The molecule has 2 N–H and O–H groups in total. The normalized spacial score (nSPS) is 11.0. The molecule has 0 unspecified atom stereocenters. The van der Waals surface area contributed by atoms with Gasteiger partial charge in [0, 0.05) is 12.2 Å². The number of rotatable bonds is 7. The van der Waals surface area contributed by atoms with E-state index in [9.17, 15) is 9.59 Å². The van der Waals surface area contributed by atoms with Gasteiger partial charge in [-0.1, -0.05) is 19.1 Å². The summed E-state index contributed by atoms with van der Waals surface area (Å²) in [7, 11) is 0. The van der Waals surface area contributed by atoms with Crippen LogP contribution in [0.3, 0.4) is 0 Å². The summed E-state index contributed by atoms with van der Waals surface area (Å²) in [6, 6.07) is 0. The van der Waals surface area contributed by atoms with Crippen molar-refractivity contribution < 1.29 is 14.7 Å². The molecule has 2 aromatic heterocycles. The monoisotopic (exact) mass is 320 g/mol. The van der Waals surface area contributed by atoms with E-state index in [1.807, 2.05) is 11.6 Å². The first-order valence-electron chi connectivity index (χ1n) is 7.28. The highest BCUT2D eigenvalue weighted by Crippen LogP contribution is 2.09.